The van der Waals surface area contributed by atoms with Crippen molar-refractivity contribution in [1.29, 1.82) is 0 Å². The minimum atomic E-state index is -5.08. The minimum absolute atomic E-state index is 0.0730. The number of hydrogen-bond acceptors (Lipinski definition) is 4. The number of carbonyl (C=O) groups is 2. The molecular weight excluding hydrogens is 357 g/mol. The van der Waals surface area contributed by atoms with Gasteiger partial charge in [-0.05, 0) is 54.6 Å². The number of nitrogens with one attached hydrogen (secondary N) is 1. The third-order valence-corrected chi connectivity index (χ3v) is 5.08. The van der Waals surface area contributed by atoms with E-state index in [9.17, 15) is 18.0 Å². The van der Waals surface area contributed by atoms with Crippen molar-refractivity contribution in [3.63, 3.8) is 0 Å². The molecule has 0 bridgehead atoms. The summed E-state index contributed by atoms with van der Waals surface area (Å²) in [5, 5.41) is 14.7. The summed E-state index contributed by atoms with van der Waals surface area (Å²) >= 11 is 1.76. The second-order valence-corrected chi connectivity index (χ2v) is 7.21. The van der Waals surface area contributed by atoms with E-state index in [1.807, 2.05) is 0 Å². The van der Waals surface area contributed by atoms with E-state index in [4.69, 9.17) is 9.90 Å². The lowest BCUT2D eigenvalue weighted by molar-refractivity contribution is -0.192. The molecule has 1 unspecified atom stereocenters. The fraction of sp³-hybridized carbons (Fsp3) is 0.625. The molecule has 1 amide bonds. The fourth-order valence-electron chi connectivity index (χ4n) is 3.32. The molecule has 1 atom stereocenters. The molecule has 2 N–H and O–H groups in total. The van der Waals surface area contributed by atoms with Crippen molar-refractivity contribution in [3.8, 4) is 0 Å². The summed E-state index contributed by atoms with van der Waals surface area (Å²) in [4.78, 5) is 23.0. The lowest BCUT2D eigenvalue weighted by Crippen LogP contribution is -2.60. The predicted molar refractivity (Wildman–Crippen MR) is 87.2 cm³/mol. The van der Waals surface area contributed by atoms with E-state index in [1.165, 1.54) is 12.0 Å². The zero-order valence-corrected chi connectivity index (χ0v) is 14.5. The largest absolute Gasteiger partial charge is 0.490 e. The number of carboxylic acid groups (broad SMARTS) is 1. The van der Waals surface area contributed by atoms with Crippen LogP contribution in [0.25, 0.3) is 0 Å². The number of hydrogen-bond donors (Lipinski definition) is 2. The Morgan fingerprint density at radius 3 is 2.60 bits per heavy atom. The van der Waals surface area contributed by atoms with Crippen LogP contribution < -0.4 is 5.32 Å². The van der Waals surface area contributed by atoms with Crippen LogP contribution in [0, 0.1) is 0 Å². The van der Waals surface area contributed by atoms with Crippen LogP contribution in [-0.2, 0) is 16.1 Å². The van der Waals surface area contributed by atoms with Gasteiger partial charge in [-0.1, -0.05) is 0 Å². The number of aliphatic carboxylic acids is 1. The van der Waals surface area contributed by atoms with Crippen molar-refractivity contribution in [1.82, 2.24) is 10.2 Å². The highest BCUT2D eigenvalue weighted by molar-refractivity contribution is 7.07. The standard InChI is InChI=1S/C14H20N2OS.C2HF3O2/c17-13-3-1-5-14(15-13)6-2-7-16(11-14)9-12-4-8-18-10-12;3-2(4,5)1(6)7/h4,8,10H,1-3,5-7,9,11H2,(H,15,17);(H,6,7). The number of nitrogens with zero attached hydrogens (tertiary/aromatic N) is 1. The van der Waals surface area contributed by atoms with E-state index in [0.29, 0.717) is 6.42 Å². The molecule has 3 heterocycles. The first-order valence-corrected chi connectivity index (χ1v) is 8.99. The van der Waals surface area contributed by atoms with E-state index < -0.39 is 12.1 Å². The van der Waals surface area contributed by atoms with Gasteiger partial charge in [-0.2, -0.15) is 24.5 Å². The average molecular weight is 378 g/mol. The Kier molecular flexibility index (Phi) is 6.45. The number of carbonyl (C=O) groups excluding carboxylic acids is 1. The Labute approximate surface area is 147 Å². The summed E-state index contributed by atoms with van der Waals surface area (Å²) in [5.74, 6) is -2.51. The number of carboxylic acids is 1. The van der Waals surface area contributed by atoms with Gasteiger partial charge in [0.1, 0.15) is 0 Å². The van der Waals surface area contributed by atoms with E-state index in [1.54, 1.807) is 11.3 Å². The number of rotatable bonds is 2. The van der Waals surface area contributed by atoms with Gasteiger partial charge in [-0.3, -0.25) is 9.69 Å². The maximum Gasteiger partial charge on any atom is 0.490 e. The van der Waals surface area contributed by atoms with Gasteiger partial charge in [0.05, 0.1) is 5.54 Å². The Morgan fingerprint density at radius 2 is 2.04 bits per heavy atom. The van der Waals surface area contributed by atoms with Gasteiger partial charge >= 0.3 is 12.1 Å². The van der Waals surface area contributed by atoms with Crippen LogP contribution in [0.4, 0.5) is 13.2 Å². The molecule has 3 rings (SSSR count). The quantitative estimate of drug-likeness (QED) is 0.830. The third kappa shape index (κ3) is 6.00. The lowest BCUT2D eigenvalue weighted by Gasteiger charge is -2.45. The highest BCUT2D eigenvalue weighted by atomic mass is 32.1. The van der Waals surface area contributed by atoms with Crippen molar-refractivity contribution in [2.75, 3.05) is 13.1 Å². The number of amides is 1. The molecular formula is C16H21F3N2O3S. The van der Waals surface area contributed by atoms with Gasteiger partial charge in [0.25, 0.3) is 0 Å². The van der Waals surface area contributed by atoms with Crippen LogP contribution in [0.1, 0.15) is 37.7 Å². The molecule has 2 saturated heterocycles. The van der Waals surface area contributed by atoms with Crippen molar-refractivity contribution in [3.05, 3.63) is 22.4 Å². The zero-order chi connectivity index (χ0) is 18.5. The van der Waals surface area contributed by atoms with Crippen LogP contribution in [0.5, 0.6) is 0 Å². The molecule has 0 aromatic carbocycles. The van der Waals surface area contributed by atoms with Gasteiger partial charge in [0.15, 0.2) is 0 Å². The number of thiophene rings is 1. The van der Waals surface area contributed by atoms with Crippen molar-refractivity contribution in [2.45, 2.75) is 50.4 Å². The molecule has 0 aliphatic carbocycles. The van der Waals surface area contributed by atoms with Gasteiger partial charge in [-0.25, -0.2) is 4.79 Å². The fourth-order valence-corrected chi connectivity index (χ4v) is 3.98. The molecule has 2 aliphatic rings. The highest BCUT2D eigenvalue weighted by Gasteiger charge is 2.39. The molecule has 140 valence electrons. The molecule has 0 radical (unpaired) electrons. The van der Waals surface area contributed by atoms with Gasteiger partial charge in [0.2, 0.25) is 5.91 Å². The third-order valence-electron chi connectivity index (χ3n) is 4.35. The Balaban J connectivity index is 0.000000277. The molecule has 1 aromatic rings. The maximum atomic E-state index is 11.6. The normalized spacial score (nSPS) is 24.4. The summed E-state index contributed by atoms with van der Waals surface area (Å²) in [7, 11) is 0. The monoisotopic (exact) mass is 378 g/mol. The number of alkyl halides is 3. The van der Waals surface area contributed by atoms with Gasteiger partial charge < -0.3 is 10.4 Å². The van der Waals surface area contributed by atoms with E-state index >= 15 is 0 Å². The molecule has 5 nitrogen and oxygen atoms in total. The van der Waals surface area contributed by atoms with Crippen LogP contribution in [0.2, 0.25) is 0 Å². The summed E-state index contributed by atoms with van der Waals surface area (Å²) < 4.78 is 31.7. The van der Waals surface area contributed by atoms with Crippen LogP contribution in [-0.4, -0.2) is 46.7 Å². The molecule has 1 spiro atoms. The predicted octanol–water partition coefficient (Wildman–Crippen LogP) is 3.02. The van der Waals surface area contributed by atoms with Crippen molar-refractivity contribution < 1.29 is 27.9 Å². The Bertz CT molecular complexity index is 588. The number of likely N-dealkylation sites (tertiary alicyclic amines) is 1. The number of halogens is 3. The molecule has 1 aromatic heterocycles. The smallest absolute Gasteiger partial charge is 0.475 e. The van der Waals surface area contributed by atoms with E-state index in [-0.39, 0.29) is 11.4 Å². The first-order valence-electron chi connectivity index (χ1n) is 8.05. The number of piperidine rings is 2. The van der Waals surface area contributed by atoms with Crippen LogP contribution in [0.3, 0.4) is 0 Å². The maximum absolute atomic E-state index is 11.6. The van der Waals surface area contributed by atoms with Gasteiger partial charge in [0, 0.05) is 19.5 Å². The van der Waals surface area contributed by atoms with Crippen molar-refractivity contribution in [2.24, 2.45) is 0 Å². The second-order valence-electron chi connectivity index (χ2n) is 6.43. The first kappa shape index (κ1) is 19.7. The SMILES string of the molecule is O=C(O)C(F)(F)F.O=C1CCCC2(CCCN(Cc3ccsc3)C2)N1. The summed E-state index contributed by atoms with van der Waals surface area (Å²) in [6, 6.07) is 2.20. The molecule has 2 aliphatic heterocycles. The molecule has 25 heavy (non-hydrogen) atoms. The summed E-state index contributed by atoms with van der Waals surface area (Å²) in [6.07, 6.45) is 0.187. The molecule has 2 fully saturated rings. The first-order chi connectivity index (χ1) is 11.7. The van der Waals surface area contributed by atoms with Crippen LogP contribution in [0.15, 0.2) is 16.8 Å². The lowest BCUT2D eigenvalue weighted by atomic mass is 9.81. The molecule has 9 heteroatoms. The average Bonchev–Trinajstić information content (AvgIpc) is 2.99. The highest BCUT2D eigenvalue weighted by Crippen LogP contribution is 2.30. The van der Waals surface area contributed by atoms with Crippen molar-refractivity contribution >= 4 is 23.2 Å². The Morgan fingerprint density at radius 1 is 1.36 bits per heavy atom. The van der Waals surface area contributed by atoms with E-state index in [0.717, 1.165) is 38.9 Å². The zero-order valence-electron chi connectivity index (χ0n) is 13.6. The second kappa shape index (κ2) is 8.18. The van der Waals surface area contributed by atoms with Crippen LogP contribution >= 0.6 is 11.3 Å². The Hall–Kier alpha value is -1.61. The van der Waals surface area contributed by atoms with E-state index in [2.05, 4.69) is 27.0 Å². The van der Waals surface area contributed by atoms with Gasteiger partial charge in [-0.15, -0.1) is 0 Å². The topological polar surface area (TPSA) is 69.6 Å². The summed E-state index contributed by atoms with van der Waals surface area (Å²) in [6.45, 7) is 3.21. The summed E-state index contributed by atoms with van der Waals surface area (Å²) in [5.41, 5.74) is 1.48. The molecule has 0 saturated carbocycles. The minimum Gasteiger partial charge on any atom is -0.475 e.